The van der Waals surface area contributed by atoms with Gasteiger partial charge >= 0.3 is 0 Å². The van der Waals surface area contributed by atoms with Crippen LogP contribution in [-0.4, -0.2) is 49.6 Å². The van der Waals surface area contributed by atoms with E-state index in [-0.39, 0.29) is 23.8 Å². The number of hydrogen-bond donors (Lipinski definition) is 1. The van der Waals surface area contributed by atoms with Crippen molar-refractivity contribution < 1.29 is 9.59 Å². The Bertz CT molecular complexity index is 1150. The van der Waals surface area contributed by atoms with Crippen molar-refractivity contribution in [2.45, 2.75) is 46.7 Å². The molecule has 0 unspecified atom stereocenters. The summed E-state index contributed by atoms with van der Waals surface area (Å²) in [6.07, 6.45) is 2.21. The Morgan fingerprint density at radius 3 is 2.52 bits per heavy atom. The predicted molar refractivity (Wildman–Crippen MR) is 125 cm³/mol. The van der Waals surface area contributed by atoms with Crippen LogP contribution < -0.4 is 5.32 Å². The highest BCUT2D eigenvalue weighted by molar-refractivity contribution is 5.94. The van der Waals surface area contributed by atoms with E-state index in [2.05, 4.69) is 25.1 Å². The molecule has 1 atom stereocenters. The molecule has 1 aromatic carbocycles. The molecule has 3 heterocycles. The third kappa shape index (κ3) is 4.79. The standard InChI is InChI=1S/C25H30N6O2/c1-16(2)22(27-24(32)20-7-5-6-11-26-20)23-29-28-21-10-12-30(13-14-31(21)23)25(33)19-9-8-17(3)18(4)15-19/h5-9,11,15-16,22H,10,12-14H2,1-4H3,(H,27,32)/t22-/m1/s1. The second kappa shape index (κ2) is 9.52. The number of benzene rings is 1. The number of fused-ring (bicyclic) bond motifs is 1. The van der Waals surface area contributed by atoms with E-state index >= 15 is 0 Å². The summed E-state index contributed by atoms with van der Waals surface area (Å²) in [5.74, 6) is 1.43. The molecule has 8 nitrogen and oxygen atoms in total. The lowest BCUT2D eigenvalue weighted by molar-refractivity contribution is 0.0758. The minimum atomic E-state index is -0.317. The van der Waals surface area contributed by atoms with Gasteiger partial charge < -0.3 is 14.8 Å². The Labute approximate surface area is 194 Å². The highest BCUT2D eigenvalue weighted by atomic mass is 16.2. The van der Waals surface area contributed by atoms with Gasteiger partial charge in [-0.3, -0.25) is 14.6 Å². The fourth-order valence-electron chi connectivity index (χ4n) is 4.08. The molecule has 0 aliphatic carbocycles. The number of aryl methyl sites for hydroxylation is 2. The van der Waals surface area contributed by atoms with Crippen LogP contribution >= 0.6 is 0 Å². The van der Waals surface area contributed by atoms with Gasteiger partial charge in [0.05, 0.1) is 6.04 Å². The van der Waals surface area contributed by atoms with Crippen molar-refractivity contribution in [3.8, 4) is 0 Å². The highest BCUT2D eigenvalue weighted by Crippen LogP contribution is 2.23. The number of amides is 2. The van der Waals surface area contributed by atoms with Crippen LogP contribution in [0.1, 0.15) is 63.5 Å². The first-order chi connectivity index (χ1) is 15.8. The maximum absolute atomic E-state index is 13.1. The van der Waals surface area contributed by atoms with Crippen molar-refractivity contribution in [2.24, 2.45) is 5.92 Å². The Hall–Kier alpha value is -3.55. The van der Waals surface area contributed by atoms with Gasteiger partial charge in [0.25, 0.3) is 11.8 Å². The Morgan fingerprint density at radius 2 is 1.82 bits per heavy atom. The van der Waals surface area contributed by atoms with Crippen molar-refractivity contribution in [3.05, 3.63) is 76.6 Å². The lowest BCUT2D eigenvalue weighted by Gasteiger charge is -2.23. The lowest BCUT2D eigenvalue weighted by Crippen LogP contribution is -2.36. The maximum Gasteiger partial charge on any atom is 0.270 e. The predicted octanol–water partition coefficient (Wildman–Crippen LogP) is 3.12. The molecular formula is C25H30N6O2. The van der Waals surface area contributed by atoms with E-state index in [1.54, 1.807) is 24.4 Å². The third-order valence-corrected chi connectivity index (χ3v) is 6.22. The lowest BCUT2D eigenvalue weighted by atomic mass is 10.0. The van der Waals surface area contributed by atoms with Gasteiger partial charge in [-0.1, -0.05) is 26.0 Å². The SMILES string of the molecule is Cc1ccc(C(=O)N2CCc3nnc([C@H](NC(=O)c4ccccn4)C(C)C)n3CC2)cc1C. The zero-order valence-corrected chi connectivity index (χ0v) is 19.6. The molecule has 33 heavy (non-hydrogen) atoms. The number of hydrogen-bond acceptors (Lipinski definition) is 5. The van der Waals surface area contributed by atoms with E-state index < -0.39 is 0 Å². The van der Waals surface area contributed by atoms with Gasteiger partial charge in [-0.05, 0) is 55.2 Å². The zero-order chi connectivity index (χ0) is 23.5. The second-order valence-electron chi connectivity index (χ2n) is 8.88. The number of carbonyl (C=O) groups is 2. The zero-order valence-electron chi connectivity index (χ0n) is 19.6. The molecule has 0 saturated heterocycles. The minimum Gasteiger partial charge on any atom is -0.340 e. The van der Waals surface area contributed by atoms with Gasteiger partial charge in [-0.2, -0.15) is 0 Å². The number of rotatable bonds is 5. The summed E-state index contributed by atoms with van der Waals surface area (Å²) >= 11 is 0. The quantitative estimate of drug-likeness (QED) is 0.650. The Balaban J connectivity index is 1.52. The molecular weight excluding hydrogens is 416 g/mol. The Morgan fingerprint density at radius 1 is 1.00 bits per heavy atom. The molecule has 0 saturated carbocycles. The molecule has 0 radical (unpaired) electrons. The monoisotopic (exact) mass is 446 g/mol. The first kappa shape index (κ1) is 22.6. The van der Waals surface area contributed by atoms with E-state index in [0.29, 0.717) is 43.1 Å². The van der Waals surface area contributed by atoms with Crippen LogP contribution in [0.15, 0.2) is 42.6 Å². The molecule has 0 fully saturated rings. The average Bonchev–Trinajstić information content (AvgIpc) is 3.09. The van der Waals surface area contributed by atoms with E-state index in [9.17, 15) is 9.59 Å². The topological polar surface area (TPSA) is 93.0 Å². The van der Waals surface area contributed by atoms with Crippen molar-refractivity contribution in [1.82, 2.24) is 30.0 Å². The Kier molecular flexibility index (Phi) is 6.53. The van der Waals surface area contributed by atoms with Gasteiger partial charge in [-0.15, -0.1) is 10.2 Å². The number of pyridine rings is 1. The molecule has 2 aromatic heterocycles. The molecule has 4 rings (SSSR count). The van der Waals surface area contributed by atoms with Gasteiger partial charge in [0.2, 0.25) is 0 Å². The van der Waals surface area contributed by atoms with E-state index in [0.717, 1.165) is 11.4 Å². The first-order valence-electron chi connectivity index (χ1n) is 11.4. The van der Waals surface area contributed by atoms with Crippen molar-refractivity contribution >= 4 is 11.8 Å². The largest absolute Gasteiger partial charge is 0.340 e. The van der Waals surface area contributed by atoms with Crippen molar-refractivity contribution in [3.63, 3.8) is 0 Å². The van der Waals surface area contributed by atoms with Crippen LogP contribution in [-0.2, 0) is 13.0 Å². The summed E-state index contributed by atoms with van der Waals surface area (Å²) in [6.45, 7) is 9.86. The van der Waals surface area contributed by atoms with E-state index in [1.165, 1.54) is 5.56 Å². The molecule has 3 aromatic rings. The molecule has 172 valence electrons. The summed E-state index contributed by atoms with van der Waals surface area (Å²) in [5.41, 5.74) is 3.35. The van der Waals surface area contributed by atoms with Gasteiger partial charge in [0, 0.05) is 37.8 Å². The number of carbonyl (C=O) groups excluding carboxylic acids is 2. The molecule has 0 bridgehead atoms. The fourth-order valence-corrected chi connectivity index (χ4v) is 4.08. The number of nitrogens with zero attached hydrogens (tertiary/aromatic N) is 5. The normalized spacial score (nSPS) is 14.5. The van der Waals surface area contributed by atoms with Crippen molar-refractivity contribution in [1.29, 1.82) is 0 Å². The van der Waals surface area contributed by atoms with Gasteiger partial charge in [-0.25, -0.2) is 0 Å². The molecule has 1 aliphatic heterocycles. The molecule has 0 spiro atoms. The van der Waals surface area contributed by atoms with Crippen molar-refractivity contribution in [2.75, 3.05) is 13.1 Å². The van der Waals surface area contributed by atoms with Crippen LogP contribution in [0.2, 0.25) is 0 Å². The van der Waals surface area contributed by atoms with E-state index in [4.69, 9.17) is 0 Å². The summed E-state index contributed by atoms with van der Waals surface area (Å²) in [7, 11) is 0. The fraction of sp³-hybridized carbons (Fsp3) is 0.400. The summed E-state index contributed by atoms with van der Waals surface area (Å²) in [5, 5.41) is 11.9. The third-order valence-electron chi connectivity index (χ3n) is 6.22. The molecule has 2 amide bonds. The first-order valence-corrected chi connectivity index (χ1v) is 11.4. The van der Waals surface area contributed by atoms with E-state index in [1.807, 2.05) is 50.8 Å². The molecule has 1 N–H and O–H groups in total. The van der Waals surface area contributed by atoms with Crippen LogP contribution in [0.25, 0.3) is 0 Å². The summed E-state index contributed by atoms with van der Waals surface area (Å²) in [4.78, 5) is 31.9. The minimum absolute atomic E-state index is 0.0298. The highest BCUT2D eigenvalue weighted by Gasteiger charge is 2.29. The van der Waals surface area contributed by atoms with Crippen LogP contribution in [0.3, 0.4) is 0 Å². The summed E-state index contributed by atoms with van der Waals surface area (Å²) in [6, 6.07) is 10.8. The molecule has 1 aliphatic rings. The average molecular weight is 447 g/mol. The van der Waals surface area contributed by atoms with Crippen LogP contribution in [0, 0.1) is 19.8 Å². The maximum atomic E-state index is 13.1. The number of aromatic nitrogens is 4. The van der Waals surface area contributed by atoms with Gasteiger partial charge in [0.15, 0.2) is 5.82 Å². The second-order valence-corrected chi connectivity index (χ2v) is 8.88. The summed E-state index contributed by atoms with van der Waals surface area (Å²) < 4.78 is 2.05. The van der Waals surface area contributed by atoms with Crippen LogP contribution in [0.5, 0.6) is 0 Å². The molecule has 8 heteroatoms. The smallest absolute Gasteiger partial charge is 0.270 e. The van der Waals surface area contributed by atoms with Crippen LogP contribution in [0.4, 0.5) is 0 Å². The van der Waals surface area contributed by atoms with Gasteiger partial charge in [0.1, 0.15) is 11.5 Å². The number of nitrogens with one attached hydrogen (secondary N) is 1.